The highest BCUT2D eigenvalue weighted by Crippen LogP contribution is 2.19. The van der Waals surface area contributed by atoms with Gasteiger partial charge in [-0.25, -0.2) is 0 Å². The van der Waals surface area contributed by atoms with Crippen LogP contribution in [0.25, 0.3) is 0 Å². The van der Waals surface area contributed by atoms with E-state index in [-0.39, 0.29) is 31.1 Å². The van der Waals surface area contributed by atoms with Crippen LogP contribution in [0.15, 0.2) is 24.3 Å². The van der Waals surface area contributed by atoms with Crippen molar-refractivity contribution in [3.8, 4) is 5.75 Å². The molecule has 1 atom stereocenters. The second kappa shape index (κ2) is 6.49. The van der Waals surface area contributed by atoms with Crippen LogP contribution in [0.1, 0.15) is 11.6 Å². The number of methoxy groups -OCH3 is 1. The monoisotopic (exact) mass is 278 g/mol. The molecule has 0 spiro atoms. The number of benzene rings is 1. The molecule has 6 nitrogen and oxygen atoms in total. The van der Waals surface area contributed by atoms with Crippen molar-refractivity contribution in [2.24, 2.45) is 0 Å². The number of morpholine rings is 1. The zero-order chi connectivity index (χ0) is 14.5. The predicted octanol–water partition coefficient (Wildman–Crippen LogP) is 0.341. The largest absolute Gasteiger partial charge is 0.497 e. The minimum Gasteiger partial charge on any atom is -0.497 e. The third-order valence-corrected chi connectivity index (χ3v) is 3.28. The number of ether oxygens (including phenoxy) is 2. The SMILES string of the molecule is CNC(CN1C(=O)COCC1=O)c1ccc(OC)cc1. The van der Waals surface area contributed by atoms with Crippen molar-refractivity contribution in [3.05, 3.63) is 29.8 Å². The standard InChI is InChI=1S/C14H18N2O4/c1-15-12(10-3-5-11(19-2)6-4-10)7-16-13(17)8-20-9-14(16)18/h3-6,12,15H,7-9H2,1-2H3. The van der Waals surface area contributed by atoms with Crippen molar-refractivity contribution in [3.63, 3.8) is 0 Å². The van der Waals surface area contributed by atoms with Crippen LogP contribution >= 0.6 is 0 Å². The van der Waals surface area contributed by atoms with Crippen LogP contribution in [0.4, 0.5) is 0 Å². The number of imide groups is 1. The summed E-state index contributed by atoms with van der Waals surface area (Å²) in [5, 5.41) is 3.12. The fourth-order valence-electron chi connectivity index (χ4n) is 2.11. The van der Waals surface area contributed by atoms with Gasteiger partial charge in [0.25, 0.3) is 11.8 Å². The van der Waals surface area contributed by atoms with Crippen molar-refractivity contribution < 1.29 is 19.1 Å². The second-order valence-electron chi connectivity index (χ2n) is 4.51. The maximum Gasteiger partial charge on any atom is 0.255 e. The Balaban J connectivity index is 2.11. The molecule has 2 amide bonds. The molecule has 1 heterocycles. The summed E-state index contributed by atoms with van der Waals surface area (Å²) in [6.45, 7) is 0.222. The minimum absolute atomic E-state index is 0.0369. The number of hydrogen-bond acceptors (Lipinski definition) is 5. The molecule has 108 valence electrons. The van der Waals surface area contributed by atoms with Gasteiger partial charge < -0.3 is 14.8 Å². The van der Waals surface area contributed by atoms with Crippen LogP contribution in [-0.4, -0.2) is 50.6 Å². The fourth-order valence-corrected chi connectivity index (χ4v) is 2.11. The average molecular weight is 278 g/mol. The quantitative estimate of drug-likeness (QED) is 0.787. The number of nitrogens with one attached hydrogen (secondary N) is 1. The van der Waals surface area contributed by atoms with Crippen LogP contribution in [0.3, 0.4) is 0 Å². The van der Waals surface area contributed by atoms with E-state index in [9.17, 15) is 9.59 Å². The highest BCUT2D eigenvalue weighted by Gasteiger charge is 2.28. The van der Waals surface area contributed by atoms with E-state index in [1.807, 2.05) is 24.3 Å². The Morgan fingerprint density at radius 1 is 1.25 bits per heavy atom. The van der Waals surface area contributed by atoms with Gasteiger partial charge in [0.1, 0.15) is 19.0 Å². The van der Waals surface area contributed by atoms with Gasteiger partial charge in [-0.2, -0.15) is 0 Å². The van der Waals surface area contributed by atoms with Crippen molar-refractivity contribution in [2.75, 3.05) is 33.9 Å². The zero-order valence-corrected chi connectivity index (χ0v) is 11.6. The Morgan fingerprint density at radius 3 is 2.35 bits per heavy atom. The molecular formula is C14H18N2O4. The Labute approximate surface area is 117 Å². The molecule has 1 aromatic rings. The molecule has 20 heavy (non-hydrogen) atoms. The lowest BCUT2D eigenvalue weighted by Crippen LogP contribution is -2.49. The van der Waals surface area contributed by atoms with E-state index >= 15 is 0 Å². The molecule has 0 radical (unpaired) electrons. The van der Waals surface area contributed by atoms with Crippen LogP contribution in [0.2, 0.25) is 0 Å². The van der Waals surface area contributed by atoms with Gasteiger partial charge in [-0.3, -0.25) is 14.5 Å². The molecule has 6 heteroatoms. The molecule has 0 saturated carbocycles. The lowest BCUT2D eigenvalue weighted by molar-refractivity contribution is -0.158. The van der Waals surface area contributed by atoms with Gasteiger partial charge >= 0.3 is 0 Å². The first-order valence-corrected chi connectivity index (χ1v) is 6.38. The van der Waals surface area contributed by atoms with E-state index in [0.29, 0.717) is 6.54 Å². The maximum atomic E-state index is 11.7. The Bertz CT molecular complexity index is 470. The van der Waals surface area contributed by atoms with E-state index < -0.39 is 0 Å². The molecule has 1 fully saturated rings. The lowest BCUT2D eigenvalue weighted by atomic mass is 10.1. The van der Waals surface area contributed by atoms with Crippen LogP contribution in [-0.2, 0) is 14.3 Å². The third kappa shape index (κ3) is 3.15. The second-order valence-corrected chi connectivity index (χ2v) is 4.51. The molecule has 1 aliphatic heterocycles. The normalized spacial score (nSPS) is 17.2. The molecule has 1 aromatic carbocycles. The van der Waals surface area contributed by atoms with Gasteiger partial charge in [0.15, 0.2) is 0 Å². The number of nitrogens with zero attached hydrogens (tertiary/aromatic N) is 1. The van der Waals surface area contributed by atoms with Gasteiger partial charge in [0.05, 0.1) is 13.2 Å². The lowest BCUT2D eigenvalue weighted by Gasteiger charge is -2.29. The fraction of sp³-hybridized carbons (Fsp3) is 0.429. The average Bonchev–Trinajstić information content (AvgIpc) is 2.47. The van der Waals surface area contributed by atoms with E-state index in [0.717, 1.165) is 11.3 Å². The van der Waals surface area contributed by atoms with E-state index in [4.69, 9.17) is 9.47 Å². The number of carbonyl (C=O) groups excluding carboxylic acids is 2. The molecule has 0 aromatic heterocycles. The topological polar surface area (TPSA) is 67.9 Å². The molecule has 0 bridgehead atoms. The summed E-state index contributed by atoms with van der Waals surface area (Å²) in [5.74, 6) is 0.173. The van der Waals surface area contributed by atoms with E-state index in [2.05, 4.69) is 5.32 Å². The molecule has 1 N–H and O–H groups in total. The minimum atomic E-state index is -0.296. The highest BCUT2D eigenvalue weighted by atomic mass is 16.5. The first kappa shape index (κ1) is 14.5. The number of hydrogen-bond donors (Lipinski definition) is 1. The van der Waals surface area contributed by atoms with Gasteiger partial charge in [0.2, 0.25) is 0 Å². The van der Waals surface area contributed by atoms with Gasteiger partial charge in [0, 0.05) is 6.54 Å². The van der Waals surface area contributed by atoms with Crippen molar-refractivity contribution >= 4 is 11.8 Å². The Morgan fingerprint density at radius 2 is 1.85 bits per heavy atom. The summed E-state index contributed by atoms with van der Waals surface area (Å²) in [5.41, 5.74) is 0.986. The summed E-state index contributed by atoms with van der Waals surface area (Å²) in [6, 6.07) is 7.41. The summed E-state index contributed by atoms with van der Waals surface area (Å²) >= 11 is 0. The highest BCUT2D eigenvalue weighted by molar-refractivity contribution is 5.98. The number of carbonyl (C=O) groups is 2. The van der Waals surface area contributed by atoms with Crippen molar-refractivity contribution in [2.45, 2.75) is 6.04 Å². The summed E-state index contributed by atoms with van der Waals surface area (Å²) in [7, 11) is 3.40. The number of likely N-dealkylation sites (N-methyl/N-ethyl adjacent to an activating group) is 1. The third-order valence-electron chi connectivity index (χ3n) is 3.28. The van der Waals surface area contributed by atoms with Crippen LogP contribution in [0.5, 0.6) is 5.75 Å². The molecule has 1 saturated heterocycles. The maximum absolute atomic E-state index is 11.7. The van der Waals surface area contributed by atoms with Crippen LogP contribution < -0.4 is 10.1 Å². The smallest absolute Gasteiger partial charge is 0.255 e. The molecule has 1 unspecified atom stereocenters. The first-order valence-electron chi connectivity index (χ1n) is 6.38. The number of amides is 2. The Hall–Kier alpha value is -1.92. The molecule has 2 rings (SSSR count). The predicted molar refractivity (Wildman–Crippen MR) is 72.3 cm³/mol. The van der Waals surface area contributed by atoms with Crippen LogP contribution in [0, 0.1) is 0 Å². The van der Waals surface area contributed by atoms with Crippen molar-refractivity contribution in [1.82, 2.24) is 10.2 Å². The Kier molecular flexibility index (Phi) is 4.70. The first-order chi connectivity index (χ1) is 9.65. The van der Waals surface area contributed by atoms with E-state index in [1.54, 1.807) is 14.2 Å². The summed E-state index contributed by atoms with van der Waals surface area (Å²) in [6.07, 6.45) is 0. The molecule has 1 aliphatic rings. The summed E-state index contributed by atoms with van der Waals surface area (Å²) in [4.78, 5) is 24.7. The van der Waals surface area contributed by atoms with Gasteiger partial charge in [-0.15, -0.1) is 0 Å². The number of rotatable bonds is 5. The van der Waals surface area contributed by atoms with E-state index in [1.165, 1.54) is 4.90 Å². The zero-order valence-electron chi connectivity index (χ0n) is 11.6. The molecular weight excluding hydrogens is 260 g/mol. The van der Waals surface area contributed by atoms with Crippen molar-refractivity contribution in [1.29, 1.82) is 0 Å². The molecule has 0 aliphatic carbocycles. The van der Waals surface area contributed by atoms with Gasteiger partial charge in [-0.1, -0.05) is 12.1 Å². The summed E-state index contributed by atoms with van der Waals surface area (Å²) < 4.78 is 10.0. The van der Waals surface area contributed by atoms with Gasteiger partial charge in [-0.05, 0) is 24.7 Å².